The van der Waals surface area contributed by atoms with Gasteiger partial charge in [0, 0.05) is 5.75 Å². The molecule has 178 valence electrons. The maximum atomic E-state index is 13.4. The number of hydrogen-bond acceptors (Lipinski definition) is 6. The van der Waals surface area contributed by atoms with Crippen molar-refractivity contribution in [2.75, 3.05) is 5.75 Å². The molecule has 7 nitrogen and oxygen atoms in total. The summed E-state index contributed by atoms with van der Waals surface area (Å²) in [5, 5.41) is 2.25. The molecule has 2 aliphatic heterocycles. The fraction of sp³-hybridized carbons (Fsp3) is 0.346. The second-order valence-electron chi connectivity index (χ2n) is 9.27. The van der Waals surface area contributed by atoms with Gasteiger partial charge in [-0.25, -0.2) is 9.59 Å². The minimum atomic E-state index is -0.755. The van der Waals surface area contributed by atoms with Crippen LogP contribution >= 0.6 is 11.8 Å². The van der Waals surface area contributed by atoms with Gasteiger partial charge in [0.25, 0.3) is 5.91 Å². The molecule has 0 bridgehead atoms. The molecule has 0 aliphatic carbocycles. The van der Waals surface area contributed by atoms with Gasteiger partial charge in [-0.05, 0) is 44.4 Å². The summed E-state index contributed by atoms with van der Waals surface area (Å²) in [6.45, 7) is 7.09. The van der Waals surface area contributed by atoms with Crippen molar-refractivity contribution in [2.45, 2.75) is 50.8 Å². The van der Waals surface area contributed by atoms with Crippen molar-refractivity contribution in [3.63, 3.8) is 0 Å². The second-order valence-corrected chi connectivity index (χ2v) is 10.4. The average Bonchev–Trinajstić information content (AvgIpc) is 2.80. The number of alkyl carbamates (subject to hydrolysis) is 1. The molecule has 8 heteroatoms. The third-order valence-corrected chi connectivity index (χ3v) is 6.88. The highest BCUT2D eigenvalue weighted by Gasteiger charge is 2.54. The molecule has 34 heavy (non-hydrogen) atoms. The van der Waals surface area contributed by atoms with Gasteiger partial charge in [0.05, 0.1) is 0 Å². The van der Waals surface area contributed by atoms with Gasteiger partial charge in [-0.1, -0.05) is 60.7 Å². The van der Waals surface area contributed by atoms with E-state index in [9.17, 15) is 14.4 Å². The molecule has 2 aromatic rings. The highest BCUT2D eigenvalue weighted by Crippen LogP contribution is 2.41. The normalized spacial score (nSPS) is 19.9. The number of β-lactam (4-membered cyclic amide) rings is 1. The molecule has 2 atom stereocenters. The van der Waals surface area contributed by atoms with Gasteiger partial charge >= 0.3 is 12.1 Å². The smallest absolute Gasteiger partial charge is 0.408 e. The Morgan fingerprint density at radius 3 is 2.12 bits per heavy atom. The van der Waals surface area contributed by atoms with Gasteiger partial charge in [-0.2, -0.15) is 0 Å². The topological polar surface area (TPSA) is 84.9 Å². The van der Waals surface area contributed by atoms with Crippen molar-refractivity contribution in [1.29, 1.82) is 0 Å². The number of benzene rings is 2. The Hall–Kier alpha value is -3.26. The van der Waals surface area contributed by atoms with Crippen LogP contribution < -0.4 is 5.32 Å². The first kappa shape index (κ1) is 23.9. The highest BCUT2D eigenvalue weighted by molar-refractivity contribution is 8.00. The summed E-state index contributed by atoms with van der Waals surface area (Å²) in [6, 6.07) is 18.2. The zero-order valence-corrected chi connectivity index (χ0v) is 20.4. The lowest BCUT2D eigenvalue weighted by Gasteiger charge is -2.49. The Balaban J connectivity index is 1.54. The van der Waals surface area contributed by atoms with Gasteiger partial charge < -0.3 is 14.8 Å². The predicted octanol–water partition coefficient (Wildman–Crippen LogP) is 4.40. The van der Waals surface area contributed by atoms with Crippen molar-refractivity contribution in [1.82, 2.24) is 10.2 Å². The SMILES string of the molecule is CC1=C(C(=O)OC(c2ccccc2)c2ccccc2)N2C(=O)[C@@H](NC(=O)OC(C)(C)C)[C@H]2SC1. The van der Waals surface area contributed by atoms with E-state index < -0.39 is 35.2 Å². The van der Waals surface area contributed by atoms with Crippen LogP contribution in [0.4, 0.5) is 4.79 Å². The average molecular weight is 481 g/mol. The van der Waals surface area contributed by atoms with Crippen LogP contribution in [0.2, 0.25) is 0 Å². The Kier molecular flexibility index (Phi) is 6.70. The minimum Gasteiger partial charge on any atom is -0.448 e. The molecule has 1 N–H and O–H groups in total. The summed E-state index contributed by atoms with van der Waals surface area (Å²) < 4.78 is 11.3. The third-order valence-electron chi connectivity index (χ3n) is 5.45. The number of fused-ring (bicyclic) bond motifs is 1. The fourth-order valence-corrected chi connectivity index (χ4v) is 5.24. The zero-order valence-electron chi connectivity index (χ0n) is 19.6. The van der Waals surface area contributed by atoms with Crippen LogP contribution in [-0.2, 0) is 19.1 Å². The number of carbonyl (C=O) groups excluding carboxylic acids is 3. The molecule has 4 rings (SSSR count). The van der Waals surface area contributed by atoms with E-state index >= 15 is 0 Å². The number of hydrogen-bond donors (Lipinski definition) is 1. The largest absolute Gasteiger partial charge is 0.448 e. The van der Waals surface area contributed by atoms with Crippen LogP contribution in [-0.4, -0.2) is 45.6 Å². The molecule has 1 fully saturated rings. The number of carbonyl (C=O) groups is 3. The number of nitrogens with zero attached hydrogens (tertiary/aromatic N) is 1. The lowest BCUT2D eigenvalue weighted by molar-refractivity contribution is -0.153. The summed E-state index contributed by atoms with van der Waals surface area (Å²) in [4.78, 5) is 40.0. The van der Waals surface area contributed by atoms with Crippen molar-refractivity contribution in [3.05, 3.63) is 83.1 Å². The maximum absolute atomic E-state index is 13.4. The second kappa shape index (κ2) is 9.54. The number of ether oxygens (including phenoxy) is 2. The first-order chi connectivity index (χ1) is 16.2. The van der Waals surface area contributed by atoms with Crippen LogP contribution in [0.15, 0.2) is 71.9 Å². The van der Waals surface area contributed by atoms with Gasteiger partial charge in [-0.3, -0.25) is 9.69 Å². The Morgan fingerprint density at radius 2 is 1.59 bits per heavy atom. The van der Waals surface area contributed by atoms with Crippen LogP contribution in [0, 0.1) is 0 Å². The van der Waals surface area contributed by atoms with E-state index in [1.54, 1.807) is 20.8 Å². The van der Waals surface area contributed by atoms with E-state index in [1.165, 1.54) is 16.7 Å². The quantitative estimate of drug-likeness (QED) is 0.504. The number of amides is 2. The third kappa shape index (κ3) is 4.97. The predicted molar refractivity (Wildman–Crippen MR) is 130 cm³/mol. The van der Waals surface area contributed by atoms with E-state index in [4.69, 9.17) is 9.47 Å². The molecule has 0 unspecified atom stereocenters. The van der Waals surface area contributed by atoms with Crippen LogP contribution in [0.1, 0.15) is 44.9 Å². The van der Waals surface area contributed by atoms with E-state index in [0.717, 1.165) is 16.7 Å². The van der Waals surface area contributed by atoms with Crippen molar-refractivity contribution in [2.24, 2.45) is 0 Å². The first-order valence-corrected chi connectivity index (χ1v) is 12.2. The molecule has 2 aliphatic rings. The molecule has 2 heterocycles. The van der Waals surface area contributed by atoms with E-state index in [0.29, 0.717) is 5.75 Å². The van der Waals surface area contributed by atoms with Crippen LogP contribution in [0.25, 0.3) is 0 Å². The van der Waals surface area contributed by atoms with Crippen LogP contribution in [0.3, 0.4) is 0 Å². The standard InChI is InChI=1S/C26H28N2O5S/c1-16-15-34-23-19(27-25(31)33-26(2,3)4)22(29)28(23)20(16)24(30)32-21(17-11-7-5-8-12-17)18-13-9-6-10-14-18/h5-14,19,21,23H,15H2,1-4H3,(H,27,31)/t19-,23-/m1/s1. The van der Waals surface area contributed by atoms with Gasteiger partial charge in [0.2, 0.25) is 0 Å². The van der Waals surface area contributed by atoms with E-state index in [2.05, 4.69) is 5.32 Å². The summed E-state index contributed by atoms with van der Waals surface area (Å²) in [5.74, 6) is -0.373. The summed E-state index contributed by atoms with van der Waals surface area (Å²) in [6.07, 6.45) is -1.27. The summed E-state index contributed by atoms with van der Waals surface area (Å²) in [7, 11) is 0. The first-order valence-electron chi connectivity index (χ1n) is 11.1. The zero-order chi connectivity index (χ0) is 24.5. The molecular formula is C26H28N2O5S. The molecule has 2 amide bonds. The maximum Gasteiger partial charge on any atom is 0.408 e. The van der Waals surface area contributed by atoms with Gasteiger partial charge in [0.1, 0.15) is 22.7 Å². The molecule has 0 spiro atoms. The number of esters is 1. The fourth-order valence-electron chi connectivity index (χ4n) is 3.94. The number of nitrogens with one attached hydrogen (secondary N) is 1. The van der Waals surface area contributed by atoms with Crippen molar-refractivity contribution < 1.29 is 23.9 Å². The Bertz CT molecular complexity index is 1070. The molecular weight excluding hydrogens is 452 g/mol. The van der Waals surface area contributed by atoms with Gasteiger partial charge in [0.15, 0.2) is 6.10 Å². The van der Waals surface area contributed by atoms with Crippen LogP contribution in [0.5, 0.6) is 0 Å². The minimum absolute atomic E-state index is 0.243. The van der Waals surface area contributed by atoms with Crippen molar-refractivity contribution >= 4 is 29.7 Å². The number of thioether (sulfide) groups is 1. The van der Waals surface area contributed by atoms with E-state index in [-0.39, 0.29) is 11.6 Å². The molecule has 0 saturated carbocycles. The monoisotopic (exact) mass is 480 g/mol. The Morgan fingerprint density at radius 1 is 1.03 bits per heavy atom. The Labute approximate surface area is 203 Å². The highest BCUT2D eigenvalue weighted by atomic mass is 32.2. The molecule has 0 aromatic heterocycles. The van der Waals surface area contributed by atoms with Gasteiger partial charge in [-0.15, -0.1) is 11.8 Å². The molecule has 1 saturated heterocycles. The van der Waals surface area contributed by atoms with Crippen molar-refractivity contribution in [3.8, 4) is 0 Å². The molecule has 0 radical (unpaired) electrons. The summed E-state index contributed by atoms with van der Waals surface area (Å²) in [5.41, 5.74) is 2.00. The summed E-state index contributed by atoms with van der Waals surface area (Å²) >= 11 is 1.49. The lowest BCUT2D eigenvalue weighted by Crippen LogP contribution is -2.70. The lowest BCUT2D eigenvalue weighted by atomic mass is 10.0. The van der Waals surface area contributed by atoms with E-state index in [1.807, 2.05) is 67.6 Å². The molecule has 2 aromatic carbocycles. The number of rotatable bonds is 5.